The van der Waals surface area contributed by atoms with Crippen LogP contribution in [0.1, 0.15) is 15.9 Å². The molecule has 3 rings (SSSR count). The fraction of sp³-hybridized carbons (Fsp3) is 0. The normalized spacial score (nSPS) is 10.7. The Balaban J connectivity index is 2.12. The van der Waals surface area contributed by atoms with E-state index in [1.54, 1.807) is 35.6 Å². The van der Waals surface area contributed by atoms with E-state index in [2.05, 4.69) is 0 Å². The van der Waals surface area contributed by atoms with Gasteiger partial charge in [-0.15, -0.1) is 11.3 Å². The molecule has 0 radical (unpaired) electrons. The third-order valence-electron chi connectivity index (χ3n) is 2.83. The molecule has 0 amide bonds. The summed E-state index contributed by atoms with van der Waals surface area (Å²) in [5, 5.41) is 3.75. The van der Waals surface area contributed by atoms with Crippen LogP contribution in [0.2, 0.25) is 5.02 Å². The molecule has 0 saturated heterocycles. The van der Waals surface area contributed by atoms with Crippen molar-refractivity contribution in [2.45, 2.75) is 0 Å². The molecule has 0 aliphatic carbocycles. The van der Waals surface area contributed by atoms with Crippen molar-refractivity contribution in [3.8, 4) is 0 Å². The van der Waals surface area contributed by atoms with Gasteiger partial charge in [0, 0.05) is 20.8 Å². The number of thiophene rings is 1. The molecule has 2 aromatic carbocycles. The molecule has 1 heterocycles. The molecule has 1 aromatic heterocycles. The molecule has 3 aromatic rings. The van der Waals surface area contributed by atoms with E-state index in [0.29, 0.717) is 10.6 Å². The van der Waals surface area contributed by atoms with Gasteiger partial charge in [0.2, 0.25) is 0 Å². The van der Waals surface area contributed by atoms with Crippen molar-refractivity contribution in [1.29, 1.82) is 0 Å². The summed E-state index contributed by atoms with van der Waals surface area (Å²) < 4.78 is 1.04. The summed E-state index contributed by atoms with van der Waals surface area (Å²) in [5.41, 5.74) is 1.42. The Kier molecular flexibility index (Phi) is 2.90. The lowest BCUT2D eigenvalue weighted by Gasteiger charge is -2.03. The zero-order valence-electron chi connectivity index (χ0n) is 9.39. The van der Waals surface area contributed by atoms with Crippen LogP contribution in [0.3, 0.4) is 0 Å². The minimum Gasteiger partial charge on any atom is -0.289 e. The zero-order valence-corrected chi connectivity index (χ0v) is 11.0. The Bertz CT molecular complexity index is 713. The van der Waals surface area contributed by atoms with Crippen molar-refractivity contribution < 1.29 is 4.79 Å². The van der Waals surface area contributed by atoms with E-state index in [-0.39, 0.29) is 5.78 Å². The maximum atomic E-state index is 12.4. The molecular formula is C15H9ClOS. The van der Waals surface area contributed by atoms with Crippen molar-refractivity contribution >= 4 is 38.8 Å². The first kappa shape index (κ1) is 11.5. The largest absolute Gasteiger partial charge is 0.289 e. The molecule has 1 nitrogen and oxygen atoms in total. The predicted molar refractivity (Wildman–Crippen MR) is 76.7 cm³/mol. The number of carbonyl (C=O) groups is 1. The average molecular weight is 273 g/mol. The fourth-order valence-corrected chi connectivity index (χ4v) is 2.97. The summed E-state index contributed by atoms with van der Waals surface area (Å²) in [7, 11) is 0. The summed E-state index contributed by atoms with van der Waals surface area (Å²) in [4.78, 5) is 12.4. The third kappa shape index (κ3) is 1.94. The summed E-state index contributed by atoms with van der Waals surface area (Å²) in [6.45, 7) is 0. The Labute approximate surface area is 114 Å². The minimum absolute atomic E-state index is 0.0414. The molecule has 0 N–H and O–H groups in total. The van der Waals surface area contributed by atoms with Crippen LogP contribution in [-0.2, 0) is 0 Å². The number of benzene rings is 2. The number of ketones is 1. The summed E-state index contributed by atoms with van der Waals surface area (Å²) >= 11 is 7.42. The van der Waals surface area contributed by atoms with E-state index in [1.165, 1.54) is 0 Å². The van der Waals surface area contributed by atoms with Gasteiger partial charge in [-0.2, -0.15) is 0 Å². The topological polar surface area (TPSA) is 17.1 Å². The second-order valence-corrected chi connectivity index (χ2v) is 5.33. The predicted octanol–water partition coefficient (Wildman–Crippen LogP) is 4.79. The molecule has 88 valence electrons. The molecule has 0 saturated carbocycles. The highest BCUT2D eigenvalue weighted by Crippen LogP contribution is 2.26. The van der Waals surface area contributed by atoms with Crippen LogP contribution in [0.4, 0.5) is 0 Å². The van der Waals surface area contributed by atoms with Crippen LogP contribution in [0, 0.1) is 0 Å². The van der Waals surface area contributed by atoms with Crippen molar-refractivity contribution in [1.82, 2.24) is 0 Å². The van der Waals surface area contributed by atoms with Crippen LogP contribution in [0.15, 0.2) is 53.9 Å². The molecule has 0 aliphatic rings. The Morgan fingerprint density at radius 1 is 1.00 bits per heavy atom. The van der Waals surface area contributed by atoms with Crippen molar-refractivity contribution in [3.05, 3.63) is 70.1 Å². The summed E-state index contributed by atoms with van der Waals surface area (Å²) in [6, 6.07) is 14.8. The molecule has 0 spiro atoms. The second kappa shape index (κ2) is 4.56. The number of hydrogen-bond donors (Lipinski definition) is 0. The highest BCUT2D eigenvalue weighted by atomic mass is 35.5. The number of halogens is 1. The van der Waals surface area contributed by atoms with Crippen LogP contribution in [-0.4, -0.2) is 5.78 Å². The minimum atomic E-state index is 0.0414. The lowest BCUT2D eigenvalue weighted by molar-refractivity contribution is 0.104. The van der Waals surface area contributed by atoms with E-state index < -0.39 is 0 Å². The van der Waals surface area contributed by atoms with Gasteiger partial charge < -0.3 is 0 Å². The third-order valence-corrected chi connectivity index (χ3v) is 4.05. The van der Waals surface area contributed by atoms with E-state index in [0.717, 1.165) is 15.6 Å². The summed E-state index contributed by atoms with van der Waals surface area (Å²) in [5.74, 6) is 0.0414. The van der Waals surface area contributed by atoms with Gasteiger partial charge in [-0.25, -0.2) is 0 Å². The van der Waals surface area contributed by atoms with Gasteiger partial charge in [0.05, 0.1) is 0 Å². The molecular weight excluding hydrogens is 264 g/mol. The SMILES string of the molecule is O=C(c1ccc(Cl)cc1)c1cccc2ccsc12. The first-order chi connectivity index (χ1) is 8.75. The highest BCUT2D eigenvalue weighted by Gasteiger charge is 2.12. The second-order valence-electron chi connectivity index (χ2n) is 3.98. The first-order valence-electron chi connectivity index (χ1n) is 5.52. The monoisotopic (exact) mass is 272 g/mol. The van der Waals surface area contributed by atoms with Crippen LogP contribution in [0.5, 0.6) is 0 Å². The van der Waals surface area contributed by atoms with Crippen LogP contribution in [0.25, 0.3) is 10.1 Å². The maximum absolute atomic E-state index is 12.4. The molecule has 3 heteroatoms. The quantitative estimate of drug-likeness (QED) is 0.613. The van der Waals surface area contributed by atoms with E-state index in [9.17, 15) is 4.79 Å². The van der Waals surface area contributed by atoms with Gasteiger partial charge in [-0.05, 0) is 47.2 Å². The zero-order chi connectivity index (χ0) is 12.5. The molecule has 0 bridgehead atoms. The van der Waals surface area contributed by atoms with Crippen LogP contribution < -0.4 is 0 Å². The maximum Gasteiger partial charge on any atom is 0.194 e. The van der Waals surface area contributed by atoms with Gasteiger partial charge >= 0.3 is 0 Å². The molecule has 0 atom stereocenters. The molecule has 0 unspecified atom stereocenters. The van der Waals surface area contributed by atoms with E-state index in [4.69, 9.17) is 11.6 Å². The number of hydrogen-bond acceptors (Lipinski definition) is 2. The Morgan fingerprint density at radius 3 is 2.56 bits per heavy atom. The highest BCUT2D eigenvalue weighted by molar-refractivity contribution is 7.17. The lowest BCUT2D eigenvalue weighted by atomic mass is 10.0. The van der Waals surface area contributed by atoms with Gasteiger partial charge in [0.15, 0.2) is 5.78 Å². The Morgan fingerprint density at radius 2 is 1.78 bits per heavy atom. The number of carbonyl (C=O) groups excluding carboxylic acids is 1. The molecule has 0 aliphatic heterocycles. The van der Waals surface area contributed by atoms with Gasteiger partial charge in [-0.3, -0.25) is 4.79 Å². The van der Waals surface area contributed by atoms with Gasteiger partial charge in [-0.1, -0.05) is 23.7 Å². The number of fused-ring (bicyclic) bond motifs is 1. The van der Waals surface area contributed by atoms with Crippen molar-refractivity contribution in [2.75, 3.05) is 0 Å². The molecule has 18 heavy (non-hydrogen) atoms. The van der Waals surface area contributed by atoms with Gasteiger partial charge in [0.1, 0.15) is 0 Å². The lowest BCUT2D eigenvalue weighted by Crippen LogP contribution is -2.00. The smallest absolute Gasteiger partial charge is 0.194 e. The van der Waals surface area contributed by atoms with E-state index >= 15 is 0 Å². The standard InChI is InChI=1S/C15H9ClOS/c16-12-6-4-10(5-7-12)14(17)13-3-1-2-11-8-9-18-15(11)13/h1-9H. The van der Waals surface area contributed by atoms with Crippen molar-refractivity contribution in [2.24, 2.45) is 0 Å². The van der Waals surface area contributed by atoms with Crippen LogP contribution >= 0.6 is 22.9 Å². The molecule has 0 fully saturated rings. The Hall–Kier alpha value is -1.64. The average Bonchev–Trinajstić information content (AvgIpc) is 2.87. The number of rotatable bonds is 2. The fourth-order valence-electron chi connectivity index (χ4n) is 1.93. The van der Waals surface area contributed by atoms with E-state index in [1.807, 2.05) is 29.6 Å². The summed E-state index contributed by atoms with van der Waals surface area (Å²) in [6.07, 6.45) is 0. The van der Waals surface area contributed by atoms with Crippen molar-refractivity contribution in [3.63, 3.8) is 0 Å². The van der Waals surface area contributed by atoms with Gasteiger partial charge in [0.25, 0.3) is 0 Å². The first-order valence-corrected chi connectivity index (χ1v) is 6.78.